The molecule has 0 spiro atoms. The number of carboxylic acids is 1. The van der Waals surface area contributed by atoms with Crippen LogP contribution >= 0.6 is 11.3 Å². The summed E-state index contributed by atoms with van der Waals surface area (Å²) in [5, 5.41) is 9.09. The Morgan fingerprint density at radius 3 is 2.35 bits per heavy atom. The van der Waals surface area contributed by atoms with Gasteiger partial charge >= 0.3 is 5.97 Å². The van der Waals surface area contributed by atoms with Crippen molar-refractivity contribution in [3.05, 3.63) is 51.7 Å². The molecule has 0 radical (unpaired) electrons. The third-order valence-electron chi connectivity index (χ3n) is 3.14. The number of thiophene rings is 1. The molecule has 3 nitrogen and oxygen atoms in total. The van der Waals surface area contributed by atoms with Crippen molar-refractivity contribution in [3.8, 4) is 0 Å². The van der Waals surface area contributed by atoms with Gasteiger partial charge in [0.1, 0.15) is 6.54 Å². The lowest BCUT2D eigenvalue weighted by Crippen LogP contribution is -2.28. The van der Waals surface area contributed by atoms with E-state index in [2.05, 4.69) is 19.1 Å². The van der Waals surface area contributed by atoms with Crippen LogP contribution in [0.3, 0.4) is 0 Å². The summed E-state index contributed by atoms with van der Waals surface area (Å²) in [6.45, 7) is 4.81. The summed E-state index contributed by atoms with van der Waals surface area (Å²) in [6, 6.07) is 12.2. The molecule has 0 atom stereocenters. The molecule has 20 heavy (non-hydrogen) atoms. The molecule has 0 bridgehead atoms. The molecule has 0 amide bonds. The maximum atomic E-state index is 11.1. The molecule has 1 aromatic heterocycles. The van der Waals surface area contributed by atoms with Gasteiger partial charge in [0, 0.05) is 15.4 Å². The van der Waals surface area contributed by atoms with Gasteiger partial charge in [0.15, 0.2) is 0 Å². The Kier molecular flexibility index (Phi) is 4.79. The molecule has 0 saturated heterocycles. The lowest BCUT2D eigenvalue weighted by Gasteiger charge is -2.22. The second-order valence-corrected chi connectivity index (χ2v) is 6.06. The summed E-state index contributed by atoms with van der Waals surface area (Å²) < 4.78 is 0. The summed E-state index contributed by atoms with van der Waals surface area (Å²) in [5.41, 5.74) is 2.12. The van der Waals surface area contributed by atoms with E-state index in [0.717, 1.165) is 12.1 Å². The molecule has 2 rings (SSSR count). The van der Waals surface area contributed by atoms with Crippen LogP contribution in [0.1, 0.15) is 22.2 Å². The first-order chi connectivity index (χ1) is 9.58. The third-order valence-corrected chi connectivity index (χ3v) is 4.35. The zero-order valence-electron chi connectivity index (χ0n) is 11.8. The van der Waals surface area contributed by atoms with Crippen molar-refractivity contribution >= 4 is 23.0 Å². The van der Waals surface area contributed by atoms with Crippen molar-refractivity contribution in [2.45, 2.75) is 26.8 Å². The molecular weight excluding hydrogens is 270 g/mol. The molecule has 1 aromatic carbocycles. The Bertz CT molecular complexity index is 574. The molecule has 0 saturated carbocycles. The zero-order chi connectivity index (χ0) is 14.5. The number of aryl methyl sites for hydroxylation is 2. The smallest absolute Gasteiger partial charge is 0.323 e. The highest BCUT2D eigenvalue weighted by molar-refractivity contribution is 7.12. The molecule has 0 aliphatic carbocycles. The molecular formula is C16H19NO2S. The van der Waals surface area contributed by atoms with Crippen LogP contribution < -0.4 is 4.90 Å². The summed E-state index contributed by atoms with van der Waals surface area (Å²) in [5.74, 6) is -0.808. The molecule has 106 valence electrons. The number of carbonyl (C=O) groups is 1. The van der Waals surface area contributed by atoms with Crippen LogP contribution in [0.5, 0.6) is 0 Å². The summed E-state index contributed by atoms with van der Waals surface area (Å²) >= 11 is 1.75. The topological polar surface area (TPSA) is 40.5 Å². The fraction of sp³-hybridized carbons (Fsp3) is 0.312. The van der Waals surface area contributed by atoms with Gasteiger partial charge in [-0.25, -0.2) is 0 Å². The van der Waals surface area contributed by atoms with Crippen molar-refractivity contribution in [3.63, 3.8) is 0 Å². The van der Waals surface area contributed by atoms with E-state index in [1.807, 2.05) is 36.1 Å². The molecule has 0 fully saturated rings. The Labute approximate surface area is 123 Å². The van der Waals surface area contributed by atoms with E-state index < -0.39 is 5.97 Å². The summed E-state index contributed by atoms with van der Waals surface area (Å²) in [6.07, 6.45) is 1.02. The van der Waals surface area contributed by atoms with E-state index in [-0.39, 0.29) is 6.54 Å². The normalized spacial score (nSPS) is 10.5. The van der Waals surface area contributed by atoms with Crippen molar-refractivity contribution in [2.75, 3.05) is 11.4 Å². The third kappa shape index (κ3) is 3.84. The van der Waals surface area contributed by atoms with Gasteiger partial charge in [0.2, 0.25) is 0 Å². The minimum absolute atomic E-state index is 0.0163. The van der Waals surface area contributed by atoms with Crippen LogP contribution in [0.2, 0.25) is 0 Å². The highest BCUT2D eigenvalue weighted by Crippen LogP contribution is 2.22. The molecule has 2 aromatic rings. The quantitative estimate of drug-likeness (QED) is 0.881. The molecule has 0 unspecified atom stereocenters. The zero-order valence-corrected chi connectivity index (χ0v) is 12.6. The monoisotopic (exact) mass is 289 g/mol. The molecule has 0 aliphatic rings. The van der Waals surface area contributed by atoms with Gasteiger partial charge in [0.25, 0.3) is 0 Å². The minimum Gasteiger partial charge on any atom is -0.480 e. The standard InChI is InChI=1S/C16H19NO2S/c1-3-14-8-9-15(20-14)10-17(11-16(18)19)13-6-4-12(2)5-7-13/h4-9H,3,10-11H2,1-2H3,(H,18,19). The number of hydrogen-bond donors (Lipinski definition) is 1. The predicted molar refractivity (Wildman–Crippen MR) is 83.6 cm³/mol. The Morgan fingerprint density at radius 1 is 1.15 bits per heavy atom. The van der Waals surface area contributed by atoms with E-state index >= 15 is 0 Å². The lowest BCUT2D eigenvalue weighted by atomic mass is 10.2. The largest absolute Gasteiger partial charge is 0.480 e. The summed E-state index contributed by atoms with van der Waals surface area (Å²) in [4.78, 5) is 15.5. The van der Waals surface area contributed by atoms with Crippen LogP contribution in [0.15, 0.2) is 36.4 Å². The number of aliphatic carboxylic acids is 1. The number of rotatable bonds is 6. The predicted octanol–water partition coefficient (Wildman–Crippen LogP) is 3.71. The molecule has 1 heterocycles. The average Bonchev–Trinajstić information content (AvgIpc) is 2.86. The maximum Gasteiger partial charge on any atom is 0.323 e. The van der Waals surface area contributed by atoms with Crippen LogP contribution in [0.4, 0.5) is 5.69 Å². The first-order valence-electron chi connectivity index (χ1n) is 6.69. The Morgan fingerprint density at radius 2 is 1.80 bits per heavy atom. The van der Waals surface area contributed by atoms with Gasteiger partial charge in [-0.2, -0.15) is 0 Å². The second kappa shape index (κ2) is 6.57. The van der Waals surface area contributed by atoms with Gasteiger partial charge in [-0.3, -0.25) is 4.79 Å². The maximum absolute atomic E-state index is 11.1. The van der Waals surface area contributed by atoms with Gasteiger partial charge in [0.05, 0.1) is 6.54 Å². The molecule has 1 N–H and O–H groups in total. The van der Waals surface area contributed by atoms with Crippen LogP contribution in [0, 0.1) is 6.92 Å². The Hall–Kier alpha value is -1.81. The van der Waals surface area contributed by atoms with Crippen molar-refractivity contribution < 1.29 is 9.90 Å². The van der Waals surface area contributed by atoms with E-state index in [9.17, 15) is 4.79 Å². The van der Waals surface area contributed by atoms with Gasteiger partial charge in [-0.05, 0) is 37.6 Å². The highest BCUT2D eigenvalue weighted by Gasteiger charge is 2.12. The summed E-state index contributed by atoms with van der Waals surface area (Å²) in [7, 11) is 0. The van der Waals surface area contributed by atoms with E-state index in [0.29, 0.717) is 6.54 Å². The van der Waals surface area contributed by atoms with Crippen LogP contribution in [-0.2, 0) is 17.8 Å². The van der Waals surface area contributed by atoms with E-state index in [1.165, 1.54) is 15.3 Å². The van der Waals surface area contributed by atoms with Gasteiger partial charge in [-0.15, -0.1) is 11.3 Å². The first-order valence-corrected chi connectivity index (χ1v) is 7.51. The first kappa shape index (κ1) is 14.6. The Balaban J connectivity index is 2.18. The van der Waals surface area contributed by atoms with E-state index in [1.54, 1.807) is 11.3 Å². The van der Waals surface area contributed by atoms with Crippen molar-refractivity contribution in [1.82, 2.24) is 0 Å². The number of carboxylic acid groups (broad SMARTS) is 1. The number of anilines is 1. The SMILES string of the molecule is CCc1ccc(CN(CC(=O)O)c2ccc(C)cc2)s1. The van der Waals surface area contributed by atoms with Crippen molar-refractivity contribution in [2.24, 2.45) is 0 Å². The van der Waals surface area contributed by atoms with Crippen LogP contribution in [-0.4, -0.2) is 17.6 Å². The molecule has 4 heteroatoms. The van der Waals surface area contributed by atoms with Gasteiger partial charge in [-0.1, -0.05) is 24.6 Å². The number of benzene rings is 1. The molecule has 0 aliphatic heterocycles. The van der Waals surface area contributed by atoms with E-state index in [4.69, 9.17) is 5.11 Å². The second-order valence-electron chi connectivity index (χ2n) is 4.81. The fourth-order valence-corrected chi connectivity index (χ4v) is 3.02. The fourth-order valence-electron chi connectivity index (χ4n) is 2.04. The lowest BCUT2D eigenvalue weighted by molar-refractivity contribution is -0.135. The van der Waals surface area contributed by atoms with Gasteiger partial charge < -0.3 is 10.0 Å². The number of hydrogen-bond acceptors (Lipinski definition) is 3. The van der Waals surface area contributed by atoms with Crippen LogP contribution in [0.25, 0.3) is 0 Å². The van der Waals surface area contributed by atoms with Crippen molar-refractivity contribution in [1.29, 1.82) is 0 Å². The minimum atomic E-state index is -0.808. The highest BCUT2D eigenvalue weighted by atomic mass is 32.1. The average molecular weight is 289 g/mol. The number of nitrogens with zero attached hydrogens (tertiary/aromatic N) is 1.